The van der Waals surface area contributed by atoms with Crippen LogP contribution in [0.2, 0.25) is 0 Å². The van der Waals surface area contributed by atoms with Gasteiger partial charge in [-0.05, 0) is 5.56 Å². The van der Waals surface area contributed by atoms with Gasteiger partial charge in [0.1, 0.15) is 6.61 Å². The van der Waals surface area contributed by atoms with E-state index in [-0.39, 0.29) is 17.7 Å². The summed E-state index contributed by atoms with van der Waals surface area (Å²) in [5.41, 5.74) is -0.0766. The number of aliphatic hydroxyl groups is 1. The van der Waals surface area contributed by atoms with Crippen molar-refractivity contribution in [3.8, 4) is 0 Å². The Morgan fingerprint density at radius 2 is 1.93 bits per heavy atom. The standard InChI is InChI=1S/C9H7F3O3/c10-9(11,12)8(13)7-4-2-1-3-6(7)5-14-15-8/h1-4,13H,5H2. The van der Waals surface area contributed by atoms with Gasteiger partial charge in [0.2, 0.25) is 0 Å². The van der Waals surface area contributed by atoms with E-state index in [0.29, 0.717) is 0 Å². The van der Waals surface area contributed by atoms with Gasteiger partial charge in [0.15, 0.2) is 0 Å². The van der Waals surface area contributed by atoms with Crippen LogP contribution < -0.4 is 0 Å². The summed E-state index contributed by atoms with van der Waals surface area (Å²) in [6.07, 6.45) is -4.94. The van der Waals surface area contributed by atoms with Crippen LogP contribution in [0.3, 0.4) is 0 Å². The molecule has 0 radical (unpaired) electrons. The van der Waals surface area contributed by atoms with Crippen molar-refractivity contribution in [2.45, 2.75) is 18.6 Å². The number of hydrogen-bond acceptors (Lipinski definition) is 3. The molecule has 0 saturated heterocycles. The lowest BCUT2D eigenvalue weighted by Crippen LogP contribution is -2.47. The Hall–Kier alpha value is -1.11. The van der Waals surface area contributed by atoms with Crippen LogP contribution in [-0.4, -0.2) is 11.3 Å². The second-order valence-electron chi connectivity index (χ2n) is 3.14. The molecule has 1 aliphatic rings. The van der Waals surface area contributed by atoms with Crippen LogP contribution in [0, 0.1) is 0 Å². The van der Waals surface area contributed by atoms with Crippen molar-refractivity contribution in [2.24, 2.45) is 0 Å². The van der Waals surface area contributed by atoms with Gasteiger partial charge in [0, 0.05) is 5.56 Å². The molecule has 0 amide bonds. The quantitative estimate of drug-likeness (QED) is 0.678. The van der Waals surface area contributed by atoms with E-state index < -0.39 is 12.0 Å². The molecule has 1 atom stereocenters. The molecule has 3 nitrogen and oxygen atoms in total. The summed E-state index contributed by atoms with van der Waals surface area (Å²) in [6, 6.07) is 5.55. The average molecular weight is 220 g/mol. The van der Waals surface area contributed by atoms with Crippen LogP contribution in [0.5, 0.6) is 0 Å². The smallest absolute Gasteiger partial charge is 0.353 e. The number of hydrogen-bond donors (Lipinski definition) is 1. The van der Waals surface area contributed by atoms with Gasteiger partial charge in [-0.1, -0.05) is 24.3 Å². The Morgan fingerprint density at radius 3 is 2.60 bits per heavy atom. The Kier molecular flexibility index (Phi) is 2.22. The number of alkyl halides is 3. The summed E-state index contributed by atoms with van der Waals surface area (Å²) in [5.74, 6) is -3.37. The zero-order valence-electron chi connectivity index (χ0n) is 7.41. The van der Waals surface area contributed by atoms with Crippen molar-refractivity contribution in [2.75, 3.05) is 0 Å². The fourth-order valence-corrected chi connectivity index (χ4v) is 1.40. The maximum atomic E-state index is 12.5. The van der Waals surface area contributed by atoms with E-state index in [1.807, 2.05) is 0 Å². The predicted molar refractivity (Wildman–Crippen MR) is 42.3 cm³/mol. The molecular weight excluding hydrogens is 213 g/mol. The van der Waals surface area contributed by atoms with Crippen LogP contribution in [0.15, 0.2) is 24.3 Å². The fourth-order valence-electron chi connectivity index (χ4n) is 1.40. The van der Waals surface area contributed by atoms with E-state index >= 15 is 0 Å². The summed E-state index contributed by atoms with van der Waals surface area (Å²) >= 11 is 0. The second kappa shape index (κ2) is 3.19. The molecule has 1 heterocycles. The van der Waals surface area contributed by atoms with Gasteiger partial charge >= 0.3 is 12.0 Å². The van der Waals surface area contributed by atoms with Crippen molar-refractivity contribution in [3.05, 3.63) is 35.4 Å². The van der Waals surface area contributed by atoms with Crippen molar-refractivity contribution >= 4 is 0 Å². The van der Waals surface area contributed by atoms with Crippen molar-refractivity contribution in [1.82, 2.24) is 0 Å². The molecule has 0 aliphatic carbocycles. The molecule has 0 bridgehead atoms. The van der Waals surface area contributed by atoms with Gasteiger partial charge in [0.05, 0.1) is 0 Å². The molecule has 0 aromatic heterocycles. The minimum absolute atomic E-state index is 0.117. The first-order valence-electron chi connectivity index (χ1n) is 4.13. The van der Waals surface area contributed by atoms with Crippen LogP contribution in [0.1, 0.15) is 11.1 Å². The first-order valence-corrected chi connectivity index (χ1v) is 4.13. The van der Waals surface area contributed by atoms with E-state index in [0.717, 1.165) is 6.07 Å². The normalized spacial score (nSPS) is 26.1. The third kappa shape index (κ3) is 1.50. The summed E-state index contributed by atoms with van der Waals surface area (Å²) in [5, 5.41) is 9.39. The van der Waals surface area contributed by atoms with Gasteiger partial charge in [-0.25, -0.2) is 4.89 Å². The number of halogens is 3. The topological polar surface area (TPSA) is 38.7 Å². The van der Waals surface area contributed by atoms with E-state index in [2.05, 4.69) is 9.78 Å². The highest BCUT2D eigenvalue weighted by molar-refractivity contribution is 5.32. The molecule has 1 aliphatic heterocycles. The zero-order chi connectivity index (χ0) is 11.1. The van der Waals surface area contributed by atoms with Gasteiger partial charge in [-0.2, -0.15) is 18.1 Å². The highest BCUT2D eigenvalue weighted by Crippen LogP contribution is 2.43. The Bertz CT molecular complexity index is 377. The minimum atomic E-state index is -4.94. The summed E-state index contributed by atoms with van der Waals surface area (Å²) in [4.78, 5) is 8.25. The minimum Gasteiger partial charge on any atom is -0.353 e. The summed E-state index contributed by atoms with van der Waals surface area (Å²) < 4.78 is 37.6. The lowest BCUT2D eigenvalue weighted by atomic mass is 9.99. The van der Waals surface area contributed by atoms with E-state index in [1.165, 1.54) is 12.1 Å². The molecular formula is C9H7F3O3. The lowest BCUT2D eigenvalue weighted by Gasteiger charge is -2.33. The Morgan fingerprint density at radius 1 is 1.27 bits per heavy atom. The van der Waals surface area contributed by atoms with Crippen molar-refractivity contribution in [1.29, 1.82) is 0 Å². The van der Waals surface area contributed by atoms with Gasteiger partial charge in [0.25, 0.3) is 0 Å². The highest BCUT2D eigenvalue weighted by Gasteiger charge is 2.60. The highest BCUT2D eigenvalue weighted by atomic mass is 19.4. The Balaban J connectivity index is 2.55. The molecule has 1 aromatic rings. The number of rotatable bonds is 0. The number of fused-ring (bicyclic) bond motifs is 1. The monoisotopic (exact) mass is 220 g/mol. The second-order valence-corrected chi connectivity index (χ2v) is 3.14. The van der Waals surface area contributed by atoms with Crippen LogP contribution in [0.25, 0.3) is 0 Å². The van der Waals surface area contributed by atoms with E-state index in [9.17, 15) is 18.3 Å². The van der Waals surface area contributed by atoms with Gasteiger partial charge in [-0.15, -0.1) is 0 Å². The van der Waals surface area contributed by atoms with Crippen molar-refractivity contribution in [3.63, 3.8) is 0 Å². The zero-order valence-corrected chi connectivity index (χ0v) is 7.41. The average Bonchev–Trinajstić information content (AvgIpc) is 2.17. The third-order valence-corrected chi connectivity index (χ3v) is 2.16. The maximum Gasteiger partial charge on any atom is 0.450 e. The lowest BCUT2D eigenvalue weighted by molar-refractivity contribution is -0.506. The van der Waals surface area contributed by atoms with Crippen molar-refractivity contribution < 1.29 is 28.1 Å². The Labute approximate surface area is 83.0 Å². The van der Waals surface area contributed by atoms with Crippen LogP contribution in [0.4, 0.5) is 13.2 Å². The molecule has 15 heavy (non-hydrogen) atoms. The van der Waals surface area contributed by atoms with Crippen LogP contribution >= 0.6 is 0 Å². The van der Waals surface area contributed by atoms with Gasteiger partial charge in [-0.3, -0.25) is 0 Å². The summed E-state index contributed by atoms with van der Waals surface area (Å²) in [7, 11) is 0. The molecule has 0 saturated carbocycles. The van der Waals surface area contributed by atoms with E-state index in [1.54, 1.807) is 6.07 Å². The number of benzene rings is 1. The largest absolute Gasteiger partial charge is 0.450 e. The molecule has 0 spiro atoms. The maximum absolute atomic E-state index is 12.5. The molecule has 6 heteroatoms. The third-order valence-electron chi connectivity index (χ3n) is 2.16. The molecule has 2 rings (SSSR count). The fraction of sp³-hybridized carbons (Fsp3) is 0.333. The molecule has 1 aromatic carbocycles. The summed E-state index contributed by atoms with van der Waals surface area (Å²) in [6.45, 7) is -0.117. The van der Waals surface area contributed by atoms with Gasteiger partial charge < -0.3 is 5.11 Å². The predicted octanol–water partition coefficient (Wildman–Crippen LogP) is 1.86. The molecule has 82 valence electrons. The first-order chi connectivity index (χ1) is 6.95. The van der Waals surface area contributed by atoms with E-state index in [4.69, 9.17) is 0 Å². The first kappa shape index (κ1) is 10.4. The SMILES string of the molecule is OC1(C(F)(F)F)OOCc2ccccc21. The molecule has 1 unspecified atom stereocenters. The molecule has 1 N–H and O–H groups in total. The molecule has 0 fully saturated rings. The van der Waals surface area contributed by atoms with Crippen LogP contribution in [-0.2, 0) is 22.2 Å².